The molecule has 1 aromatic heterocycles. The first-order chi connectivity index (χ1) is 15.5. The van der Waals surface area contributed by atoms with Gasteiger partial charge in [-0.15, -0.1) is 11.3 Å². The van der Waals surface area contributed by atoms with Crippen LogP contribution in [0.1, 0.15) is 29.0 Å². The molecule has 0 fully saturated rings. The lowest BCUT2D eigenvalue weighted by Crippen LogP contribution is -2.38. The maximum absolute atomic E-state index is 12.4. The van der Waals surface area contributed by atoms with Crippen LogP contribution in [0.4, 0.5) is 0 Å². The van der Waals surface area contributed by atoms with Gasteiger partial charge in [-0.05, 0) is 41.8 Å². The van der Waals surface area contributed by atoms with Crippen LogP contribution in [0.3, 0.4) is 0 Å². The normalized spacial score (nSPS) is 14.6. The molecule has 1 atom stereocenters. The van der Waals surface area contributed by atoms with Crippen molar-refractivity contribution in [1.82, 2.24) is 4.90 Å². The summed E-state index contributed by atoms with van der Waals surface area (Å²) in [5.74, 6) is 1.39. The van der Waals surface area contributed by atoms with E-state index in [9.17, 15) is 9.59 Å². The number of halogens is 1. The molecule has 1 unspecified atom stereocenters. The second kappa shape index (κ2) is 9.73. The molecule has 2 aliphatic rings. The Bertz CT molecular complexity index is 1120. The number of para-hydroxylation sites is 2. The van der Waals surface area contributed by atoms with Crippen LogP contribution in [0.15, 0.2) is 54.6 Å². The van der Waals surface area contributed by atoms with Gasteiger partial charge >= 0.3 is 11.9 Å². The van der Waals surface area contributed by atoms with Crippen molar-refractivity contribution in [2.45, 2.75) is 25.9 Å². The molecule has 0 amide bonds. The van der Waals surface area contributed by atoms with Crippen molar-refractivity contribution in [3.05, 3.63) is 75.6 Å². The zero-order valence-corrected chi connectivity index (χ0v) is 19.2. The van der Waals surface area contributed by atoms with Gasteiger partial charge in [-0.1, -0.05) is 41.9 Å². The molecule has 0 bridgehead atoms. The van der Waals surface area contributed by atoms with Crippen LogP contribution >= 0.6 is 22.9 Å². The number of hydrogen-bond acceptors (Lipinski definition) is 7. The molecule has 8 heteroatoms. The molecule has 166 valence electrons. The summed E-state index contributed by atoms with van der Waals surface area (Å²) in [7, 11) is 1.38. The Hall–Kier alpha value is -2.87. The summed E-state index contributed by atoms with van der Waals surface area (Å²) in [6, 6.07) is 16.4. The first-order valence-corrected chi connectivity index (χ1v) is 11.3. The van der Waals surface area contributed by atoms with E-state index in [0.29, 0.717) is 23.2 Å². The Morgan fingerprint density at radius 1 is 1.12 bits per heavy atom. The number of ether oxygens (including phenoxy) is 3. The van der Waals surface area contributed by atoms with Gasteiger partial charge in [-0.25, -0.2) is 4.79 Å². The second-order valence-electron chi connectivity index (χ2n) is 7.32. The molecule has 0 aliphatic carbocycles. The van der Waals surface area contributed by atoms with Crippen LogP contribution in [0.2, 0.25) is 5.02 Å². The Labute approximate surface area is 195 Å². The number of thiophene rings is 1. The monoisotopic (exact) mass is 471 g/mol. The van der Waals surface area contributed by atoms with Gasteiger partial charge in [0.05, 0.1) is 7.11 Å². The Morgan fingerprint density at radius 2 is 1.81 bits per heavy atom. The van der Waals surface area contributed by atoms with Crippen LogP contribution in [0, 0.1) is 0 Å². The highest BCUT2D eigenvalue weighted by Gasteiger charge is 2.33. The molecular weight excluding hydrogens is 450 g/mol. The number of methoxy groups -OCH3 is 1. The quantitative estimate of drug-likeness (QED) is 0.293. The van der Waals surface area contributed by atoms with Crippen molar-refractivity contribution < 1.29 is 23.8 Å². The summed E-state index contributed by atoms with van der Waals surface area (Å²) in [5.41, 5.74) is 1.79. The number of carbonyl (C=O) groups is 2. The maximum atomic E-state index is 12.4. The van der Waals surface area contributed by atoms with Crippen molar-refractivity contribution in [3.63, 3.8) is 0 Å². The van der Waals surface area contributed by atoms with Crippen LogP contribution in [0.25, 0.3) is 0 Å². The Morgan fingerprint density at radius 3 is 2.44 bits per heavy atom. The summed E-state index contributed by atoms with van der Waals surface area (Å²) < 4.78 is 15.1. The minimum absolute atomic E-state index is 0.334. The van der Waals surface area contributed by atoms with Crippen LogP contribution < -0.4 is 9.47 Å². The number of fused-ring (bicyclic) bond motifs is 2. The number of rotatable bonds is 4. The smallest absolute Gasteiger partial charge is 0.327 e. The minimum atomic E-state index is -0.566. The van der Waals surface area contributed by atoms with E-state index < -0.39 is 6.04 Å². The molecule has 0 spiro atoms. The van der Waals surface area contributed by atoms with Gasteiger partial charge in [0, 0.05) is 29.9 Å². The van der Waals surface area contributed by atoms with E-state index in [1.807, 2.05) is 53.4 Å². The summed E-state index contributed by atoms with van der Waals surface area (Å²) in [5, 5.41) is 1.13. The van der Waals surface area contributed by atoms with Gasteiger partial charge < -0.3 is 14.2 Å². The van der Waals surface area contributed by atoms with Crippen molar-refractivity contribution in [3.8, 4) is 16.6 Å². The van der Waals surface area contributed by atoms with Gasteiger partial charge in [0.1, 0.15) is 6.04 Å². The Kier molecular flexibility index (Phi) is 6.79. The van der Waals surface area contributed by atoms with Crippen LogP contribution in [0.5, 0.6) is 16.6 Å². The van der Waals surface area contributed by atoms with Gasteiger partial charge in [-0.2, -0.15) is 0 Å². The number of nitrogens with zero attached hydrogens (tertiary/aromatic N) is 1. The molecule has 32 heavy (non-hydrogen) atoms. The fourth-order valence-corrected chi connectivity index (χ4v) is 4.92. The molecule has 0 saturated heterocycles. The average molecular weight is 472 g/mol. The third-order valence-corrected chi connectivity index (χ3v) is 6.59. The molecule has 5 rings (SSSR count). The SMILES string of the molecule is COC(=O)C(c1ccccc1Cl)N1CCc2sc(OC(C)=O)cc2C1.c1ccc2c(c1)O2. The largest absolute Gasteiger partial charge is 0.468 e. The highest BCUT2D eigenvalue weighted by molar-refractivity contribution is 7.14. The van der Waals surface area contributed by atoms with E-state index in [1.165, 1.54) is 30.2 Å². The summed E-state index contributed by atoms with van der Waals surface area (Å²) in [6.45, 7) is 2.64. The first kappa shape index (κ1) is 22.3. The fraction of sp³-hybridized carbons (Fsp3) is 0.250. The molecule has 0 radical (unpaired) electrons. The minimum Gasteiger partial charge on any atom is -0.468 e. The van der Waals surface area contributed by atoms with Gasteiger partial charge in [0.25, 0.3) is 0 Å². The van der Waals surface area contributed by atoms with Gasteiger partial charge in [0.2, 0.25) is 0 Å². The van der Waals surface area contributed by atoms with E-state index in [0.717, 1.165) is 29.0 Å². The summed E-state index contributed by atoms with van der Waals surface area (Å²) >= 11 is 7.79. The highest BCUT2D eigenvalue weighted by atomic mass is 35.5. The third kappa shape index (κ3) is 5.12. The van der Waals surface area contributed by atoms with Crippen molar-refractivity contribution in [2.75, 3.05) is 13.7 Å². The molecule has 6 nitrogen and oxygen atoms in total. The van der Waals surface area contributed by atoms with E-state index >= 15 is 0 Å². The lowest BCUT2D eigenvalue weighted by atomic mass is 10.0. The standard InChI is InChI=1S/C18H18ClNO4S.C6H4O/c1-11(21)24-16-9-12-10-20(8-7-15(12)25-16)17(18(22)23-2)13-5-3-4-6-14(13)19;1-2-4-6-5(3-1)7-6/h3-6,9,17H,7-8,10H2,1-2H3;1-4H. The zero-order valence-electron chi connectivity index (χ0n) is 17.7. The zero-order chi connectivity index (χ0) is 22.7. The molecule has 0 saturated carbocycles. The van der Waals surface area contributed by atoms with Gasteiger partial charge in [0.15, 0.2) is 16.6 Å². The summed E-state index contributed by atoms with van der Waals surface area (Å²) in [4.78, 5) is 26.8. The molecule has 2 aromatic carbocycles. The number of hydrogen-bond donors (Lipinski definition) is 0. The van der Waals surface area contributed by atoms with E-state index in [4.69, 9.17) is 25.8 Å². The highest BCUT2D eigenvalue weighted by Crippen LogP contribution is 2.43. The lowest BCUT2D eigenvalue weighted by molar-refractivity contribution is -0.147. The number of carbonyl (C=O) groups excluding carboxylic acids is 2. The van der Waals surface area contributed by atoms with Crippen LogP contribution in [-0.4, -0.2) is 30.5 Å². The first-order valence-electron chi connectivity index (χ1n) is 10.1. The predicted molar refractivity (Wildman–Crippen MR) is 122 cm³/mol. The number of benzene rings is 2. The second-order valence-corrected chi connectivity index (χ2v) is 8.83. The van der Waals surface area contributed by atoms with E-state index in [-0.39, 0.29) is 11.9 Å². The van der Waals surface area contributed by atoms with Crippen molar-refractivity contribution in [2.24, 2.45) is 0 Å². The van der Waals surface area contributed by atoms with E-state index in [2.05, 4.69) is 0 Å². The van der Waals surface area contributed by atoms with Crippen molar-refractivity contribution >= 4 is 34.9 Å². The Balaban J connectivity index is 0.000000292. The molecule has 3 heterocycles. The molecular formula is C24H22ClNO5S. The summed E-state index contributed by atoms with van der Waals surface area (Å²) in [6.07, 6.45) is 0.777. The maximum Gasteiger partial charge on any atom is 0.327 e. The fourth-order valence-electron chi connectivity index (χ4n) is 3.63. The van der Waals surface area contributed by atoms with E-state index in [1.54, 1.807) is 6.07 Å². The molecule has 2 aliphatic heterocycles. The van der Waals surface area contributed by atoms with Crippen molar-refractivity contribution in [1.29, 1.82) is 0 Å². The topological polar surface area (TPSA) is 68.4 Å². The number of esters is 2. The van der Waals surface area contributed by atoms with Gasteiger partial charge in [-0.3, -0.25) is 9.69 Å². The third-order valence-electron chi connectivity index (χ3n) is 5.13. The molecule has 0 N–H and O–H groups in total. The van der Waals surface area contributed by atoms with Crippen LogP contribution in [-0.2, 0) is 27.3 Å². The lowest BCUT2D eigenvalue weighted by Gasteiger charge is -2.33. The average Bonchev–Trinajstić information content (AvgIpc) is 3.47. The predicted octanol–water partition coefficient (Wildman–Crippen LogP) is 5.39. The molecule has 3 aromatic rings.